The van der Waals surface area contributed by atoms with Gasteiger partial charge in [0.25, 0.3) is 0 Å². The maximum atomic E-state index is 12.2. The van der Waals surface area contributed by atoms with Gasteiger partial charge in [-0.3, -0.25) is 4.57 Å². The maximum absolute atomic E-state index is 12.2. The molecule has 0 spiro atoms. The van der Waals surface area contributed by atoms with Crippen LogP contribution in [0.5, 0.6) is 0 Å². The smallest absolute Gasteiger partial charge is 0.418 e. The average Bonchev–Trinajstić information content (AvgIpc) is 3.04. The highest BCUT2D eigenvalue weighted by Gasteiger charge is 2.13. The van der Waals surface area contributed by atoms with Crippen molar-refractivity contribution in [3.63, 3.8) is 0 Å². The maximum Gasteiger partial charge on any atom is 0.418 e. The molecule has 0 bridgehead atoms. The number of fused-ring (bicyclic) bond motifs is 1. The Kier molecular flexibility index (Phi) is 7.51. The second-order valence-electron chi connectivity index (χ2n) is 6.06. The largest absolute Gasteiger partial charge is 0.462 e. The molecule has 2 rings (SSSR count). The van der Waals surface area contributed by atoms with Gasteiger partial charge in [0.1, 0.15) is 0 Å². The Balaban J connectivity index is 1.92. The number of unbranched alkanes of at least 4 members (excludes halogenated alkanes) is 5. The lowest BCUT2D eigenvalue weighted by molar-refractivity contribution is 0.0497. The molecule has 1 heterocycles. The lowest BCUT2D eigenvalue weighted by atomic mass is 10.1. The molecule has 25 heavy (non-hydrogen) atoms. The Morgan fingerprint density at radius 1 is 0.960 bits per heavy atom. The molecule has 0 saturated heterocycles. The van der Waals surface area contributed by atoms with Crippen LogP contribution in [0.3, 0.4) is 0 Å². The molecule has 0 atom stereocenters. The summed E-state index contributed by atoms with van der Waals surface area (Å²) in [5.41, 5.74) is 1.09. The number of hydrogen-bond donors (Lipinski definition) is 0. The highest BCUT2D eigenvalue weighted by atomic mass is 16.5. The Bertz CT molecular complexity index is 705. The van der Waals surface area contributed by atoms with Crippen molar-refractivity contribution < 1.29 is 19.1 Å². The van der Waals surface area contributed by atoms with Gasteiger partial charge in [-0.15, -0.1) is 0 Å². The fraction of sp³-hybridized carbons (Fsp3) is 0.500. The Morgan fingerprint density at radius 2 is 1.72 bits per heavy atom. The molecule has 136 valence electrons. The fourth-order valence-corrected chi connectivity index (χ4v) is 2.74. The second-order valence-corrected chi connectivity index (χ2v) is 6.06. The topological polar surface area (TPSA) is 57.5 Å². The summed E-state index contributed by atoms with van der Waals surface area (Å²) in [7, 11) is 0. The molecule has 0 N–H and O–H groups in total. The lowest BCUT2D eigenvalue weighted by Gasteiger charge is -2.07. The van der Waals surface area contributed by atoms with E-state index < -0.39 is 6.09 Å². The summed E-state index contributed by atoms with van der Waals surface area (Å²) >= 11 is 0. The molecule has 1 aromatic carbocycles. The summed E-state index contributed by atoms with van der Waals surface area (Å²) in [4.78, 5) is 24.1. The van der Waals surface area contributed by atoms with Gasteiger partial charge in [0.05, 0.1) is 24.3 Å². The molecular formula is C20H27NO4. The summed E-state index contributed by atoms with van der Waals surface area (Å²) in [6.45, 7) is 4.69. The first-order valence-corrected chi connectivity index (χ1v) is 9.12. The monoisotopic (exact) mass is 345 g/mol. The number of nitrogens with zero attached hydrogens (tertiary/aromatic N) is 1. The lowest BCUT2D eigenvalue weighted by Crippen LogP contribution is -2.12. The van der Waals surface area contributed by atoms with E-state index in [-0.39, 0.29) is 5.97 Å². The van der Waals surface area contributed by atoms with Crippen LogP contribution in [0.4, 0.5) is 4.79 Å². The number of carbonyl (C=O) groups is 2. The minimum atomic E-state index is -0.449. The van der Waals surface area contributed by atoms with Gasteiger partial charge in [0, 0.05) is 11.6 Å². The van der Waals surface area contributed by atoms with Gasteiger partial charge >= 0.3 is 12.1 Å². The third-order valence-corrected chi connectivity index (χ3v) is 4.12. The van der Waals surface area contributed by atoms with Crippen LogP contribution in [0, 0.1) is 0 Å². The number of ether oxygens (including phenoxy) is 2. The third kappa shape index (κ3) is 5.34. The van der Waals surface area contributed by atoms with Crippen molar-refractivity contribution >= 4 is 23.0 Å². The van der Waals surface area contributed by atoms with Crippen LogP contribution >= 0.6 is 0 Å². The summed E-state index contributed by atoms with van der Waals surface area (Å²) < 4.78 is 11.8. The number of carbonyl (C=O) groups excluding carboxylic acids is 2. The van der Waals surface area contributed by atoms with Gasteiger partial charge in [0.2, 0.25) is 0 Å². The predicted octanol–water partition coefficient (Wildman–Crippen LogP) is 5.16. The van der Waals surface area contributed by atoms with Gasteiger partial charge in [-0.1, -0.05) is 45.1 Å². The zero-order chi connectivity index (χ0) is 18.1. The molecule has 0 fully saturated rings. The zero-order valence-corrected chi connectivity index (χ0v) is 15.1. The minimum Gasteiger partial charge on any atom is -0.462 e. The van der Waals surface area contributed by atoms with E-state index in [1.165, 1.54) is 30.3 Å². The molecule has 2 aromatic rings. The average molecular weight is 345 g/mol. The van der Waals surface area contributed by atoms with E-state index in [2.05, 4.69) is 6.92 Å². The van der Waals surface area contributed by atoms with E-state index >= 15 is 0 Å². The van der Waals surface area contributed by atoms with Gasteiger partial charge in [-0.2, -0.15) is 0 Å². The minimum absolute atomic E-state index is 0.304. The van der Waals surface area contributed by atoms with Crippen LogP contribution in [-0.4, -0.2) is 29.8 Å². The number of benzene rings is 1. The molecule has 0 unspecified atom stereocenters. The highest BCUT2D eigenvalue weighted by molar-refractivity contribution is 5.97. The molecule has 0 aliphatic heterocycles. The molecule has 0 aliphatic carbocycles. The van der Waals surface area contributed by atoms with E-state index in [0.717, 1.165) is 18.2 Å². The first kappa shape index (κ1) is 19.0. The van der Waals surface area contributed by atoms with Crippen LogP contribution in [-0.2, 0) is 9.47 Å². The molecule has 5 heteroatoms. The molecule has 0 saturated carbocycles. The van der Waals surface area contributed by atoms with Gasteiger partial charge in [-0.25, -0.2) is 9.59 Å². The molecule has 0 radical (unpaired) electrons. The quantitative estimate of drug-likeness (QED) is 0.465. The van der Waals surface area contributed by atoms with Crippen LogP contribution < -0.4 is 0 Å². The van der Waals surface area contributed by atoms with Crippen molar-refractivity contribution in [2.75, 3.05) is 13.2 Å². The van der Waals surface area contributed by atoms with Crippen molar-refractivity contribution in [3.8, 4) is 0 Å². The molecular weight excluding hydrogens is 318 g/mol. The Morgan fingerprint density at radius 3 is 2.48 bits per heavy atom. The molecule has 5 nitrogen and oxygen atoms in total. The number of rotatable bonds is 9. The van der Waals surface area contributed by atoms with E-state index in [9.17, 15) is 9.59 Å². The van der Waals surface area contributed by atoms with Crippen molar-refractivity contribution in [3.05, 3.63) is 36.0 Å². The van der Waals surface area contributed by atoms with Crippen molar-refractivity contribution in [2.24, 2.45) is 0 Å². The summed E-state index contributed by atoms with van der Waals surface area (Å²) in [5.74, 6) is -0.355. The van der Waals surface area contributed by atoms with E-state index in [1.807, 2.05) is 12.1 Å². The molecule has 1 aromatic heterocycles. The van der Waals surface area contributed by atoms with E-state index in [0.29, 0.717) is 24.3 Å². The zero-order valence-electron chi connectivity index (χ0n) is 15.1. The number of aromatic nitrogens is 1. The summed E-state index contributed by atoms with van der Waals surface area (Å²) in [6.07, 6.45) is 8.08. The highest BCUT2D eigenvalue weighted by Crippen LogP contribution is 2.19. The number of esters is 1. The molecule has 0 amide bonds. The second kappa shape index (κ2) is 9.87. The predicted molar refractivity (Wildman–Crippen MR) is 98.0 cm³/mol. The van der Waals surface area contributed by atoms with Gasteiger partial charge < -0.3 is 9.47 Å². The Hall–Kier alpha value is -2.30. The van der Waals surface area contributed by atoms with Crippen molar-refractivity contribution in [2.45, 2.75) is 52.4 Å². The first-order valence-electron chi connectivity index (χ1n) is 9.12. The van der Waals surface area contributed by atoms with E-state index in [4.69, 9.17) is 9.47 Å². The van der Waals surface area contributed by atoms with Crippen LogP contribution in [0.25, 0.3) is 10.9 Å². The fourth-order valence-electron chi connectivity index (χ4n) is 2.74. The number of hydrogen-bond acceptors (Lipinski definition) is 4. The van der Waals surface area contributed by atoms with Crippen LogP contribution in [0.1, 0.15) is 62.7 Å². The van der Waals surface area contributed by atoms with Crippen LogP contribution in [0.15, 0.2) is 30.5 Å². The SMILES string of the molecule is CCCCCCCCOC(=O)c1ccc2ccn(C(=O)OCC)c2c1. The van der Waals surface area contributed by atoms with E-state index in [1.54, 1.807) is 25.3 Å². The first-order chi connectivity index (χ1) is 12.2. The van der Waals surface area contributed by atoms with Gasteiger partial charge in [0.15, 0.2) is 0 Å². The van der Waals surface area contributed by atoms with Crippen LogP contribution in [0.2, 0.25) is 0 Å². The normalized spacial score (nSPS) is 10.8. The Labute approximate surface area is 148 Å². The summed E-state index contributed by atoms with van der Waals surface area (Å²) in [5, 5.41) is 0.875. The summed E-state index contributed by atoms with van der Waals surface area (Å²) in [6, 6.07) is 7.03. The molecule has 0 aliphatic rings. The standard InChI is InChI=1S/C20H27NO4/c1-3-5-6-7-8-9-14-25-19(22)17-11-10-16-12-13-21(18(16)15-17)20(23)24-4-2/h10-13,15H,3-9,14H2,1-2H3. The van der Waals surface area contributed by atoms with Crippen molar-refractivity contribution in [1.29, 1.82) is 0 Å². The van der Waals surface area contributed by atoms with Crippen molar-refractivity contribution in [1.82, 2.24) is 4.57 Å². The van der Waals surface area contributed by atoms with Gasteiger partial charge in [-0.05, 0) is 31.5 Å². The third-order valence-electron chi connectivity index (χ3n) is 4.12.